The van der Waals surface area contributed by atoms with E-state index in [1.54, 1.807) is 0 Å². The SMILES string of the molecule is CC(N)C(=O)O.NCCCCCC(=O)O. The number of nitrogens with two attached hydrogens (primary N) is 2. The molecule has 6 N–H and O–H groups in total. The minimum Gasteiger partial charge on any atom is -0.481 e. The third-order valence-corrected chi connectivity index (χ3v) is 1.48. The second kappa shape index (κ2) is 10.9. The van der Waals surface area contributed by atoms with Crippen molar-refractivity contribution in [1.82, 2.24) is 0 Å². The Morgan fingerprint density at radius 2 is 1.67 bits per heavy atom. The van der Waals surface area contributed by atoms with Crippen LogP contribution < -0.4 is 11.5 Å². The molecule has 6 heteroatoms. The Balaban J connectivity index is 0. The van der Waals surface area contributed by atoms with Gasteiger partial charge in [-0.25, -0.2) is 0 Å². The highest BCUT2D eigenvalue weighted by Gasteiger charge is 1.99. The molecule has 0 aliphatic carbocycles. The third kappa shape index (κ3) is 19.3. The van der Waals surface area contributed by atoms with Crippen molar-refractivity contribution in [2.75, 3.05) is 6.54 Å². The van der Waals surface area contributed by atoms with E-state index in [1.165, 1.54) is 6.92 Å². The summed E-state index contributed by atoms with van der Waals surface area (Å²) in [7, 11) is 0. The van der Waals surface area contributed by atoms with Crippen molar-refractivity contribution in [2.24, 2.45) is 11.5 Å². The molecular formula is C9H20N2O4. The van der Waals surface area contributed by atoms with Crippen molar-refractivity contribution in [3.63, 3.8) is 0 Å². The van der Waals surface area contributed by atoms with Gasteiger partial charge in [-0.3, -0.25) is 9.59 Å². The third-order valence-electron chi connectivity index (χ3n) is 1.48. The van der Waals surface area contributed by atoms with Gasteiger partial charge in [0, 0.05) is 6.42 Å². The summed E-state index contributed by atoms with van der Waals surface area (Å²) in [6.07, 6.45) is 2.91. The lowest BCUT2D eigenvalue weighted by Crippen LogP contribution is -2.25. The van der Waals surface area contributed by atoms with Crippen LogP contribution in [0.4, 0.5) is 0 Å². The molecule has 0 bridgehead atoms. The van der Waals surface area contributed by atoms with Crippen LogP contribution in [0.1, 0.15) is 32.6 Å². The van der Waals surface area contributed by atoms with Crippen molar-refractivity contribution in [3.05, 3.63) is 0 Å². The second-order valence-electron chi connectivity index (χ2n) is 3.12. The Labute approximate surface area is 89.3 Å². The zero-order valence-corrected chi connectivity index (χ0v) is 8.98. The molecule has 0 saturated heterocycles. The molecule has 1 unspecified atom stereocenters. The van der Waals surface area contributed by atoms with Crippen molar-refractivity contribution >= 4 is 11.9 Å². The van der Waals surface area contributed by atoms with Crippen LogP contribution in [0.15, 0.2) is 0 Å². The van der Waals surface area contributed by atoms with E-state index in [0.29, 0.717) is 6.54 Å². The summed E-state index contributed by atoms with van der Waals surface area (Å²) in [4.78, 5) is 19.5. The highest BCUT2D eigenvalue weighted by atomic mass is 16.4. The summed E-state index contributed by atoms with van der Waals surface area (Å²) in [6, 6.07) is -0.731. The predicted molar refractivity (Wildman–Crippen MR) is 56.4 cm³/mol. The molecule has 1 atom stereocenters. The van der Waals surface area contributed by atoms with E-state index in [4.69, 9.17) is 21.7 Å². The van der Waals surface area contributed by atoms with E-state index < -0.39 is 18.0 Å². The molecule has 0 rings (SSSR count). The zero-order valence-electron chi connectivity index (χ0n) is 8.98. The van der Waals surface area contributed by atoms with Gasteiger partial charge >= 0.3 is 11.9 Å². The largest absolute Gasteiger partial charge is 0.481 e. The van der Waals surface area contributed by atoms with E-state index in [0.717, 1.165) is 19.3 Å². The number of carboxylic acids is 2. The minimum atomic E-state index is -0.963. The highest BCUT2D eigenvalue weighted by Crippen LogP contribution is 1.97. The molecule has 0 aromatic rings. The van der Waals surface area contributed by atoms with Crippen LogP contribution in [0.5, 0.6) is 0 Å². The zero-order chi connectivity index (χ0) is 12.3. The van der Waals surface area contributed by atoms with Crippen LogP contribution in [0.3, 0.4) is 0 Å². The van der Waals surface area contributed by atoms with Crippen LogP contribution in [0, 0.1) is 0 Å². The molecule has 0 aromatic heterocycles. The summed E-state index contributed by atoms with van der Waals surface area (Å²) < 4.78 is 0. The average molecular weight is 220 g/mol. The standard InChI is InChI=1S/C6H13NO2.C3H7NO2/c7-5-3-1-2-4-6(8)9;1-2(4)3(5)6/h1-5,7H2,(H,8,9);2H,4H2,1H3,(H,5,6). The van der Waals surface area contributed by atoms with Gasteiger partial charge in [0.05, 0.1) is 0 Å². The van der Waals surface area contributed by atoms with E-state index in [-0.39, 0.29) is 6.42 Å². The number of carboxylic acid groups (broad SMARTS) is 2. The van der Waals surface area contributed by atoms with Gasteiger partial charge in [-0.2, -0.15) is 0 Å². The summed E-state index contributed by atoms with van der Waals surface area (Å²) in [6.45, 7) is 2.09. The van der Waals surface area contributed by atoms with E-state index in [9.17, 15) is 9.59 Å². The normalized spacial score (nSPS) is 11.1. The number of rotatable bonds is 6. The fourth-order valence-corrected chi connectivity index (χ4v) is 0.597. The van der Waals surface area contributed by atoms with E-state index in [2.05, 4.69) is 0 Å². The second-order valence-corrected chi connectivity index (χ2v) is 3.12. The number of unbranched alkanes of at least 4 members (excludes halogenated alkanes) is 2. The van der Waals surface area contributed by atoms with Crippen molar-refractivity contribution in [3.8, 4) is 0 Å². The van der Waals surface area contributed by atoms with Crippen LogP contribution in [0.2, 0.25) is 0 Å². The van der Waals surface area contributed by atoms with Gasteiger partial charge in [0.1, 0.15) is 6.04 Å². The van der Waals surface area contributed by atoms with E-state index in [1.807, 2.05) is 0 Å². The molecule has 0 amide bonds. The number of hydrogen-bond acceptors (Lipinski definition) is 4. The molecule has 0 spiro atoms. The van der Waals surface area contributed by atoms with Crippen LogP contribution in [-0.2, 0) is 9.59 Å². The molecule has 0 fully saturated rings. The molecule has 6 nitrogen and oxygen atoms in total. The summed E-state index contributed by atoms with van der Waals surface area (Å²) in [5, 5.41) is 16.0. The predicted octanol–water partition coefficient (Wildman–Crippen LogP) is 0.00830. The first-order valence-electron chi connectivity index (χ1n) is 4.82. The van der Waals surface area contributed by atoms with Crippen LogP contribution >= 0.6 is 0 Å². The molecule has 0 aromatic carbocycles. The Kier molecular flexibility index (Phi) is 11.9. The van der Waals surface area contributed by atoms with Gasteiger partial charge < -0.3 is 21.7 Å². The highest BCUT2D eigenvalue weighted by molar-refractivity contribution is 5.72. The van der Waals surface area contributed by atoms with Crippen molar-refractivity contribution in [2.45, 2.75) is 38.6 Å². The molecule has 0 heterocycles. The molecule has 0 saturated carbocycles. The number of carbonyl (C=O) groups is 2. The summed E-state index contributed by atoms with van der Waals surface area (Å²) in [5.41, 5.74) is 10.0. The Morgan fingerprint density at radius 3 is 1.93 bits per heavy atom. The van der Waals surface area contributed by atoms with Gasteiger partial charge in [0.2, 0.25) is 0 Å². The van der Waals surface area contributed by atoms with Crippen LogP contribution in [-0.4, -0.2) is 34.7 Å². The minimum absolute atomic E-state index is 0.278. The summed E-state index contributed by atoms with van der Waals surface area (Å²) in [5.74, 6) is -1.68. The monoisotopic (exact) mass is 220 g/mol. The Bertz CT molecular complexity index is 183. The Hall–Kier alpha value is -1.14. The van der Waals surface area contributed by atoms with Gasteiger partial charge in [0.25, 0.3) is 0 Å². The first-order valence-corrected chi connectivity index (χ1v) is 4.82. The topological polar surface area (TPSA) is 127 Å². The average Bonchev–Trinajstić information content (AvgIpc) is 2.13. The lowest BCUT2D eigenvalue weighted by molar-refractivity contribution is -0.138. The van der Waals surface area contributed by atoms with Crippen LogP contribution in [0.25, 0.3) is 0 Å². The quantitative estimate of drug-likeness (QED) is 0.467. The fourth-order valence-electron chi connectivity index (χ4n) is 0.597. The van der Waals surface area contributed by atoms with Gasteiger partial charge in [-0.15, -0.1) is 0 Å². The maximum atomic E-state index is 9.93. The first kappa shape index (κ1) is 16.3. The number of aliphatic carboxylic acids is 2. The maximum Gasteiger partial charge on any atom is 0.320 e. The molecule has 0 radical (unpaired) electrons. The maximum absolute atomic E-state index is 9.93. The molecule has 90 valence electrons. The molecular weight excluding hydrogens is 200 g/mol. The van der Waals surface area contributed by atoms with E-state index >= 15 is 0 Å². The summed E-state index contributed by atoms with van der Waals surface area (Å²) >= 11 is 0. The van der Waals surface area contributed by atoms with Gasteiger partial charge in [-0.1, -0.05) is 6.42 Å². The molecule has 15 heavy (non-hydrogen) atoms. The Morgan fingerprint density at radius 1 is 1.20 bits per heavy atom. The van der Waals surface area contributed by atoms with Crippen molar-refractivity contribution in [1.29, 1.82) is 0 Å². The molecule has 0 aliphatic rings. The lowest BCUT2D eigenvalue weighted by Gasteiger charge is -1.93. The fraction of sp³-hybridized carbons (Fsp3) is 0.778. The van der Waals surface area contributed by atoms with Gasteiger partial charge in [-0.05, 0) is 26.3 Å². The van der Waals surface area contributed by atoms with Gasteiger partial charge in [0.15, 0.2) is 0 Å². The number of hydrogen-bond donors (Lipinski definition) is 4. The first-order chi connectivity index (χ1) is 6.91. The van der Waals surface area contributed by atoms with Crippen molar-refractivity contribution < 1.29 is 19.8 Å². The lowest BCUT2D eigenvalue weighted by atomic mass is 10.2. The molecule has 0 aliphatic heterocycles. The smallest absolute Gasteiger partial charge is 0.320 e.